The molecule has 40 valence electrons. The largest absolute Gasteiger partial charge is 3.00 e. The van der Waals surface area contributed by atoms with E-state index in [2.05, 4.69) is 0 Å². The van der Waals surface area contributed by atoms with Crippen LogP contribution >= 0.6 is 0 Å². The van der Waals surface area contributed by atoms with Crippen LogP contribution in [-0.2, 0) is 22.4 Å². The Labute approximate surface area is 45.6 Å². The minimum atomic E-state index is 0. The molecule has 0 saturated carbocycles. The van der Waals surface area contributed by atoms with Crippen molar-refractivity contribution < 1.29 is 38.8 Å². The zero-order chi connectivity index (χ0) is 0. The van der Waals surface area contributed by atoms with Gasteiger partial charge in [-0.15, -0.1) is 0 Å². The molecule has 0 aliphatic carbocycles. The van der Waals surface area contributed by atoms with Crippen molar-refractivity contribution in [2.45, 2.75) is 0 Å². The van der Waals surface area contributed by atoms with E-state index < -0.39 is 0 Å². The predicted octanol–water partition coefficient (Wildman–Crippen LogP) is -0.371. The van der Waals surface area contributed by atoms with E-state index in [1.54, 1.807) is 0 Å². The molecule has 0 saturated heterocycles. The van der Waals surface area contributed by atoms with Crippen LogP contribution in [0, 0.1) is 0 Å². The monoisotopic (exact) mass is 265 g/mol. The third-order valence-corrected chi connectivity index (χ3v) is 0. The van der Waals surface area contributed by atoms with Gasteiger partial charge in [0.1, 0.15) is 0 Å². The van der Waals surface area contributed by atoms with Crippen LogP contribution in [0.5, 0.6) is 0 Å². The van der Waals surface area contributed by atoms with Gasteiger partial charge in [0, 0.05) is 0 Å². The fourth-order valence-corrected chi connectivity index (χ4v) is 0. The number of hydrogen-bond acceptors (Lipinski definition) is 4. The van der Waals surface area contributed by atoms with Gasteiger partial charge in [-0.2, -0.15) is 0 Å². The summed E-state index contributed by atoms with van der Waals surface area (Å²) in [4.78, 5) is 0. The summed E-state index contributed by atoms with van der Waals surface area (Å²) in [5, 5.41) is 0. The van der Waals surface area contributed by atoms with Crippen LogP contribution in [0.1, 0.15) is 0 Å². The summed E-state index contributed by atoms with van der Waals surface area (Å²) in [5.74, 6) is 0. The van der Waals surface area contributed by atoms with E-state index >= 15 is 0 Å². The molecule has 0 rings (SSSR count). The summed E-state index contributed by atoms with van der Waals surface area (Å²) in [6, 6.07) is 0. The number of hydrogen-bond donors (Lipinski definition) is 1. The van der Waals surface area contributed by atoms with Gasteiger partial charge in [-0.3, -0.25) is 0 Å². The molecule has 0 aromatic carbocycles. The van der Waals surface area contributed by atoms with Crippen LogP contribution in [0.4, 0.5) is 0 Å². The molecule has 0 bridgehead atoms. The fraction of sp³-hybridized carbons (Fsp3) is 0. The Morgan fingerprint density at radius 3 is 0.600 bits per heavy atom. The van der Waals surface area contributed by atoms with Gasteiger partial charge in [0.05, 0.1) is 0 Å². The van der Waals surface area contributed by atoms with E-state index in [0.29, 0.717) is 0 Å². The van der Waals surface area contributed by atoms with Gasteiger partial charge in [0.2, 0.25) is 0 Å². The maximum Gasteiger partial charge on any atom is 3.00 e. The van der Waals surface area contributed by atoms with E-state index in [0.717, 1.165) is 0 Å². The first-order valence-electron chi connectivity index (χ1n) is 0. The minimum absolute atomic E-state index is 0. The molecule has 0 aliphatic rings. The summed E-state index contributed by atoms with van der Waals surface area (Å²) < 4.78 is 0. The second-order valence-corrected chi connectivity index (χ2v) is 0. The molecule has 4 nitrogen and oxygen atoms in total. The van der Waals surface area contributed by atoms with Crippen LogP contribution < -0.4 is 6.15 Å². The molecule has 0 unspecified atom stereocenters. The van der Waals surface area contributed by atoms with Crippen molar-refractivity contribution in [1.29, 1.82) is 0 Å². The van der Waals surface area contributed by atoms with Crippen molar-refractivity contribution >= 4 is 0 Å². The first-order chi connectivity index (χ1) is 0. The second-order valence-electron chi connectivity index (χ2n) is 0. The van der Waals surface area contributed by atoms with Crippen molar-refractivity contribution in [3.05, 3.63) is 0 Å². The van der Waals surface area contributed by atoms with Crippen LogP contribution in [0.25, 0.3) is 0 Å². The van der Waals surface area contributed by atoms with E-state index in [-0.39, 0.29) is 45.0 Å². The Hall–Kier alpha value is 0.580. The van der Waals surface area contributed by atoms with Gasteiger partial charge >= 0.3 is 22.4 Å². The topological polar surface area (TPSA) is 125 Å². The second kappa shape index (κ2) is 174. The van der Waals surface area contributed by atoms with Crippen molar-refractivity contribution in [3.63, 3.8) is 0 Å². The van der Waals surface area contributed by atoms with Gasteiger partial charge in [-0.1, -0.05) is 0 Å². The smallest absolute Gasteiger partial charge is 0.870 e. The SMILES string of the molecule is N.[Au+3].[OH-].[OH-].[OH-]. The van der Waals surface area contributed by atoms with E-state index in [1.807, 2.05) is 0 Å². The molecule has 0 radical (unpaired) electrons. The first-order valence-corrected chi connectivity index (χ1v) is 0. The molecule has 0 amide bonds. The van der Waals surface area contributed by atoms with E-state index in [9.17, 15) is 0 Å². The predicted molar refractivity (Wildman–Crippen MR) is 10.8 cm³/mol. The average Bonchev–Trinajstić information content (AvgIpc) is 0. The Kier molecular flexibility index (Phi) is 12100. The molecule has 5 heteroatoms. The van der Waals surface area contributed by atoms with Gasteiger partial charge in [0.25, 0.3) is 0 Å². The number of rotatable bonds is 0. The molecule has 0 fully saturated rings. The summed E-state index contributed by atoms with van der Waals surface area (Å²) in [7, 11) is 0. The maximum atomic E-state index is 0. The first kappa shape index (κ1) is 348. The Bertz CT molecular complexity index is 6.85. The molecule has 6 N–H and O–H groups in total. The van der Waals surface area contributed by atoms with Crippen molar-refractivity contribution in [1.82, 2.24) is 6.15 Å². The zero-order valence-corrected chi connectivity index (χ0v) is 4.52. The Morgan fingerprint density at radius 2 is 0.600 bits per heavy atom. The van der Waals surface area contributed by atoms with Gasteiger partial charge in [-0.05, 0) is 0 Å². The maximum absolute atomic E-state index is 0. The molecular weight excluding hydrogens is 259 g/mol. The van der Waals surface area contributed by atoms with Crippen LogP contribution in [0.2, 0.25) is 0 Å². The van der Waals surface area contributed by atoms with Crippen molar-refractivity contribution in [3.8, 4) is 0 Å². The van der Waals surface area contributed by atoms with Crippen LogP contribution in [0.3, 0.4) is 0 Å². The molecule has 0 aromatic heterocycles. The van der Waals surface area contributed by atoms with Gasteiger partial charge in [-0.25, -0.2) is 0 Å². The van der Waals surface area contributed by atoms with Crippen LogP contribution in [0.15, 0.2) is 0 Å². The molecule has 0 aromatic rings. The van der Waals surface area contributed by atoms with Crippen LogP contribution in [-0.4, -0.2) is 16.4 Å². The standard InChI is InChI=1S/Au.H3N.3H2O/h;1H3;3*1H2/q+3;;;;/p-3. The quantitative estimate of drug-likeness (QED) is 0.599. The Morgan fingerprint density at radius 1 is 0.600 bits per heavy atom. The van der Waals surface area contributed by atoms with Gasteiger partial charge < -0.3 is 22.6 Å². The normalized spacial score (nSPS) is 0. The zero-order valence-electron chi connectivity index (χ0n) is 2.35. The van der Waals surface area contributed by atoms with Gasteiger partial charge in [0.15, 0.2) is 0 Å². The molecular formula is H6AuNO3. The summed E-state index contributed by atoms with van der Waals surface area (Å²) >= 11 is 0. The van der Waals surface area contributed by atoms with Crippen molar-refractivity contribution in [2.75, 3.05) is 0 Å². The molecule has 0 spiro atoms. The fourth-order valence-electron chi connectivity index (χ4n) is 0. The van der Waals surface area contributed by atoms with E-state index in [4.69, 9.17) is 0 Å². The molecule has 0 heterocycles. The molecule has 5 heavy (non-hydrogen) atoms. The average molecular weight is 265 g/mol. The minimum Gasteiger partial charge on any atom is -0.870 e. The third kappa shape index (κ3) is 90.6. The van der Waals surface area contributed by atoms with Crippen molar-refractivity contribution in [2.24, 2.45) is 0 Å². The third-order valence-electron chi connectivity index (χ3n) is 0. The Balaban J connectivity index is 0. The molecule has 0 aliphatic heterocycles. The summed E-state index contributed by atoms with van der Waals surface area (Å²) in [6.45, 7) is 0. The summed E-state index contributed by atoms with van der Waals surface area (Å²) in [6.07, 6.45) is 0. The molecule has 0 atom stereocenters. The summed E-state index contributed by atoms with van der Waals surface area (Å²) in [5.41, 5.74) is 0. The van der Waals surface area contributed by atoms with E-state index in [1.165, 1.54) is 0 Å².